The third kappa shape index (κ3) is 2.35. The van der Waals surface area contributed by atoms with E-state index < -0.39 is 36.0 Å². The van der Waals surface area contributed by atoms with E-state index >= 15 is 0 Å². The molecule has 1 heterocycles. The summed E-state index contributed by atoms with van der Waals surface area (Å²) in [6.07, 6.45) is 0. The third-order valence-electron chi connectivity index (χ3n) is 3.36. The maximum Gasteiger partial charge on any atom is 0.368 e. The van der Waals surface area contributed by atoms with E-state index in [2.05, 4.69) is 4.74 Å². The second-order valence-electron chi connectivity index (χ2n) is 4.87. The van der Waals surface area contributed by atoms with Crippen molar-refractivity contribution in [3.8, 4) is 0 Å². The molecule has 3 unspecified atom stereocenters. The Balaban J connectivity index is 2.52. The molecule has 1 fully saturated rings. The van der Waals surface area contributed by atoms with Gasteiger partial charge in [0.2, 0.25) is 7.14 Å². The van der Waals surface area contributed by atoms with Crippen LogP contribution in [-0.2, 0) is 15.2 Å². The summed E-state index contributed by atoms with van der Waals surface area (Å²) in [6, 6.07) is 3.81. The second kappa shape index (κ2) is 4.97. The SMILES string of the molecule is CC(O)P(=O)(C1CO1)C(F)(F)C(F)(F)c1cccc(N)c1. The number of anilines is 1. The van der Waals surface area contributed by atoms with E-state index in [9.17, 15) is 27.2 Å². The summed E-state index contributed by atoms with van der Waals surface area (Å²) in [6.45, 7) is 0.455. The van der Waals surface area contributed by atoms with E-state index in [4.69, 9.17) is 5.73 Å². The number of hydrogen-bond donors (Lipinski definition) is 2. The lowest BCUT2D eigenvalue weighted by molar-refractivity contribution is -0.167. The fourth-order valence-corrected chi connectivity index (χ4v) is 4.46. The number of halogens is 4. The molecule has 21 heavy (non-hydrogen) atoms. The Bertz CT molecular complexity index is 584. The summed E-state index contributed by atoms with van der Waals surface area (Å²) < 4.78 is 73.9. The van der Waals surface area contributed by atoms with Gasteiger partial charge in [-0.3, -0.25) is 0 Å². The van der Waals surface area contributed by atoms with Crippen molar-refractivity contribution >= 4 is 12.8 Å². The van der Waals surface area contributed by atoms with Crippen LogP contribution in [0.2, 0.25) is 0 Å². The molecule has 1 aliphatic rings. The van der Waals surface area contributed by atoms with Crippen LogP contribution in [0.15, 0.2) is 24.3 Å². The Hall–Kier alpha value is -1.11. The van der Waals surface area contributed by atoms with Crippen molar-refractivity contribution in [3.05, 3.63) is 29.8 Å². The van der Waals surface area contributed by atoms with Crippen LogP contribution in [0.1, 0.15) is 12.5 Å². The molecule has 0 spiro atoms. The first kappa shape index (κ1) is 16.3. The number of nitrogen functional groups attached to an aromatic ring is 1. The molecule has 1 aliphatic heterocycles. The van der Waals surface area contributed by atoms with Gasteiger partial charge in [-0.15, -0.1) is 0 Å². The largest absolute Gasteiger partial charge is 0.399 e. The van der Waals surface area contributed by atoms with Crippen molar-refractivity contribution in [1.29, 1.82) is 0 Å². The van der Waals surface area contributed by atoms with E-state index in [-0.39, 0.29) is 12.3 Å². The van der Waals surface area contributed by atoms with Gasteiger partial charge in [0.25, 0.3) is 0 Å². The minimum atomic E-state index is -5.05. The highest BCUT2D eigenvalue weighted by Crippen LogP contribution is 2.74. The molecule has 0 bridgehead atoms. The molecule has 1 aromatic carbocycles. The van der Waals surface area contributed by atoms with Crippen molar-refractivity contribution in [2.24, 2.45) is 0 Å². The maximum atomic E-state index is 14.3. The second-order valence-corrected chi connectivity index (χ2v) is 8.17. The molecule has 0 saturated carbocycles. The number of nitrogens with two attached hydrogens (primary N) is 1. The predicted octanol–water partition coefficient (Wildman–Crippen LogP) is 3.01. The zero-order chi connectivity index (χ0) is 16.1. The Morgan fingerprint density at radius 2 is 2.00 bits per heavy atom. The van der Waals surface area contributed by atoms with E-state index in [0.29, 0.717) is 6.07 Å². The number of hydrogen-bond acceptors (Lipinski definition) is 4. The summed E-state index contributed by atoms with van der Waals surface area (Å²) in [4.78, 5) is 0. The maximum absolute atomic E-state index is 14.3. The van der Waals surface area contributed by atoms with Crippen molar-refractivity contribution in [2.75, 3.05) is 12.3 Å². The van der Waals surface area contributed by atoms with Crippen LogP contribution in [0.3, 0.4) is 0 Å². The number of benzene rings is 1. The first-order valence-electron chi connectivity index (χ1n) is 6.06. The average molecular weight is 327 g/mol. The van der Waals surface area contributed by atoms with Crippen molar-refractivity contribution < 1.29 is 32.0 Å². The number of rotatable bonds is 5. The summed E-state index contributed by atoms with van der Waals surface area (Å²) in [5.41, 5.74) is -0.825. The summed E-state index contributed by atoms with van der Waals surface area (Å²) in [5, 5.41) is 9.40. The smallest absolute Gasteiger partial charge is 0.368 e. The van der Waals surface area contributed by atoms with Gasteiger partial charge >= 0.3 is 11.6 Å². The lowest BCUT2D eigenvalue weighted by Gasteiger charge is -2.34. The van der Waals surface area contributed by atoms with Crippen molar-refractivity contribution in [2.45, 2.75) is 30.2 Å². The highest BCUT2D eigenvalue weighted by atomic mass is 31.2. The molecular formula is C12H14F4NO3P. The molecule has 0 aliphatic carbocycles. The van der Waals surface area contributed by atoms with Crippen LogP contribution in [0.5, 0.6) is 0 Å². The minimum Gasteiger partial charge on any atom is -0.399 e. The molecule has 0 amide bonds. The molecule has 3 atom stereocenters. The lowest BCUT2D eigenvalue weighted by Crippen LogP contribution is -2.41. The Labute approximate surface area is 118 Å². The zero-order valence-corrected chi connectivity index (χ0v) is 11.9. The van der Waals surface area contributed by atoms with Crippen LogP contribution in [0.25, 0.3) is 0 Å². The number of epoxide rings is 1. The third-order valence-corrected chi connectivity index (χ3v) is 6.79. The lowest BCUT2D eigenvalue weighted by atomic mass is 10.1. The van der Waals surface area contributed by atoms with Gasteiger partial charge in [0.15, 0.2) is 0 Å². The van der Waals surface area contributed by atoms with Crippen LogP contribution in [0.4, 0.5) is 23.2 Å². The number of aliphatic hydroxyl groups is 1. The van der Waals surface area contributed by atoms with Crippen LogP contribution in [0, 0.1) is 0 Å². The highest BCUT2D eigenvalue weighted by molar-refractivity contribution is 7.66. The van der Waals surface area contributed by atoms with Crippen LogP contribution < -0.4 is 5.73 Å². The van der Waals surface area contributed by atoms with E-state index in [1.165, 1.54) is 6.07 Å². The average Bonchev–Trinajstić information content (AvgIpc) is 3.21. The van der Waals surface area contributed by atoms with Crippen LogP contribution in [-0.4, -0.2) is 29.1 Å². The summed E-state index contributed by atoms with van der Waals surface area (Å²) >= 11 is 0. The molecule has 1 saturated heterocycles. The van der Waals surface area contributed by atoms with E-state index in [1.807, 2.05) is 0 Å². The fourth-order valence-electron chi connectivity index (χ4n) is 2.05. The first-order chi connectivity index (χ1) is 9.55. The fraction of sp³-hybridized carbons (Fsp3) is 0.500. The molecule has 2 rings (SSSR count). The quantitative estimate of drug-likeness (QED) is 0.377. The minimum absolute atomic E-state index is 0.127. The Morgan fingerprint density at radius 3 is 2.43 bits per heavy atom. The first-order valence-corrected chi connectivity index (χ1v) is 7.90. The monoisotopic (exact) mass is 327 g/mol. The van der Waals surface area contributed by atoms with E-state index in [1.54, 1.807) is 0 Å². The van der Waals surface area contributed by atoms with Gasteiger partial charge in [-0.05, 0) is 19.1 Å². The number of alkyl halides is 4. The molecule has 9 heteroatoms. The zero-order valence-electron chi connectivity index (χ0n) is 11.0. The summed E-state index contributed by atoms with van der Waals surface area (Å²) in [7, 11) is -5.05. The predicted molar refractivity (Wildman–Crippen MR) is 68.7 cm³/mol. The van der Waals surface area contributed by atoms with Crippen molar-refractivity contribution in [1.82, 2.24) is 0 Å². The molecular weight excluding hydrogens is 313 g/mol. The van der Waals surface area contributed by atoms with Gasteiger partial charge in [-0.1, -0.05) is 12.1 Å². The molecule has 1 aromatic rings. The Kier molecular flexibility index (Phi) is 3.85. The normalized spacial score (nSPS) is 23.4. The Morgan fingerprint density at radius 1 is 1.43 bits per heavy atom. The number of aliphatic hydroxyl groups excluding tert-OH is 1. The molecule has 4 nitrogen and oxygen atoms in total. The van der Waals surface area contributed by atoms with Gasteiger partial charge in [0.05, 0.1) is 6.61 Å². The molecule has 0 radical (unpaired) electrons. The van der Waals surface area contributed by atoms with Crippen LogP contribution >= 0.6 is 7.14 Å². The van der Waals surface area contributed by atoms with Gasteiger partial charge < -0.3 is 20.1 Å². The number of ether oxygens (including phenoxy) is 1. The van der Waals surface area contributed by atoms with Gasteiger partial charge in [-0.25, -0.2) is 0 Å². The van der Waals surface area contributed by atoms with Gasteiger partial charge in [0.1, 0.15) is 11.7 Å². The van der Waals surface area contributed by atoms with Crippen molar-refractivity contribution in [3.63, 3.8) is 0 Å². The van der Waals surface area contributed by atoms with Gasteiger partial charge in [0, 0.05) is 11.3 Å². The summed E-state index contributed by atoms with van der Waals surface area (Å²) in [5.74, 6) is -8.42. The topological polar surface area (TPSA) is 75.8 Å². The standard InChI is InChI=1S/C12H14F4NO3P/c1-7(18)21(19,10-6-20-10)12(15,16)11(13,14)8-3-2-4-9(17)5-8/h2-5,7,10,18H,6,17H2,1H3. The molecule has 0 aromatic heterocycles. The van der Waals surface area contributed by atoms with Gasteiger partial charge in [-0.2, -0.15) is 17.6 Å². The molecule has 118 valence electrons. The highest BCUT2D eigenvalue weighted by Gasteiger charge is 2.73. The van der Waals surface area contributed by atoms with E-state index in [0.717, 1.165) is 19.1 Å². The molecule has 3 N–H and O–H groups in total.